The van der Waals surface area contributed by atoms with Gasteiger partial charge >= 0.3 is 6.09 Å². The minimum absolute atomic E-state index is 0.121. The first-order valence-corrected chi connectivity index (χ1v) is 9.97. The van der Waals surface area contributed by atoms with Crippen LogP contribution < -0.4 is 20.7 Å². The molecule has 1 aromatic heterocycles. The molecule has 2 aliphatic heterocycles. The van der Waals surface area contributed by atoms with E-state index < -0.39 is 36.1 Å². The minimum Gasteiger partial charge on any atom is -0.485 e. The fraction of sp³-hybridized carbons (Fsp3) is 0.450. The number of cyclic esters (lactones) is 1. The van der Waals surface area contributed by atoms with E-state index in [-0.39, 0.29) is 12.4 Å². The summed E-state index contributed by atoms with van der Waals surface area (Å²) in [6.07, 6.45) is -0.326. The van der Waals surface area contributed by atoms with Crippen molar-refractivity contribution < 1.29 is 27.8 Å². The van der Waals surface area contributed by atoms with Crippen molar-refractivity contribution in [1.29, 1.82) is 0 Å². The van der Waals surface area contributed by atoms with Gasteiger partial charge in [0.25, 0.3) is 6.43 Å². The highest BCUT2D eigenvalue weighted by Gasteiger charge is 2.49. The number of hydrogen-bond donors (Lipinski definition) is 2. The van der Waals surface area contributed by atoms with Crippen LogP contribution in [0, 0.1) is 0 Å². The van der Waals surface area contributed by atoms with Gasteiger partial charge in [0.15, 0.2) is 5.82 Å². The van der Waals surface area contributed by atoms with Crippen molar-refractivity contribution in [2.45, 2.75) is 50.4 Å². The average molecular weight is 433 g/mol. The lowest BCUT2D eigenvalue weighted by molar-refractivity contribution is -0.118. The molecule has 2 atom stereocenters. The number of halogens is 2. The zero-order valence-electron chi connectivity index (χ0n) is 16.7. The Kier molecular flexibility index (Phi) is 4.31. The third-order valence-corrected chi connectivity index (χ3v) is 5.83. The molecule has 0 bridgehead atoms. The van der Waals surface area contributed by atoms with Gasteiger partial charge in [0.05, 0.1) is 12.1 Å². The van der Waals surface area contributed by atoms with Crippen LogP contribution in [0.1, 0.15) is 19.8 Å². The molecule has 164 valence electrons. The Labute approximate surface area is 176 Å². The number of imidazole rings is 1. The van der Waals surface area contributed by atoms with Crippen LogP contribution in [-0.4, -0.2) is 52.3 Å². The van der Waals surface area contributed by atoms with Crippen LogP contribution in [0.2, 0.25) is 0 Å². The van der Waals surface area contributed by atoms with Crippen molar-refractivity contribution >= 4 is 23.5 Å². The molecule has 1 unspecified atom stereocenters. The van der Waals surface area contributed by atoms with Crippen molar-refractivity contribution in [3.05, 3.63) is 24.4 Å². The molecule has 2 amide bonds. The highest BCUT2D eigenvalue weighted by molar-refractivity contribution is 5.90. The molecule has 1 spiro atoms. The number of primary amides is 1. The summed E-state index contributed by atoms with van der Waals surface area (Å²) in [5.74, 6) is 0.706. The number of rotatable bonds is 5. The Morgan fingerprint density at radius 3 is 2.84 bits per heavy atom. The van der Waals surface area contributed by atoms with E-state index in [0.29, 0.717) is 29.4 Å². The summed E-state index contributed by atoms with van der Waals surface area (Å²) in [5.41, 5.74) is 6.23. The van der Waals surface area contributed by atoms with Crippen molar-refractivity contribution in [3.63, 3.8) is 0 Å². The largest absolute Gasteiger partial charge is 0.485 e. The molecule has 5 rings (SSSR count). The number of fused-ring (bicyclic) bond motifs is 3. The van der Waals surface area contributed by atoms with Gasteiger partial charge in [-0.2, -0.15) is 0 Å². The summed E-state index contributed by atoms with van der Waals surface area (Å²) < 4.78 is 39.8. The van der Waals surface area contributed by atoms with E-state index in [4.69, 9.17) is 15.2 Å². The van der Waals surface area contributed by atoms with Gasteiger partial charge < -0.3 is 25.1 Å². The summed E-state index contributed by atoms with van der Waals surface area (Å²) in [6, 6.07) is 3.36. The molecule has 31 heavy (non-hydrogen) atoms. The molecule has 1 aromatic carbocycles. The van der Waals surface area contributed by atoms with Crippen LogP contribution in [0.25, 0.3) is 11.4 Å². The number of benzene rings is 1. The summed E-state index contributed by atoms with van der Waals surface area (Å²) in [4.78, 5) is 28.9. The standard InChI is InChI=1S/C20H21F2N5O4/c1-10(17(23)28)24-11-2-3-12-14(6-11)31-20(4-5-20)9-26-7-15(25-18(12)26)27-13(16(21)22)8-30-19(27)29/h2-3,6-7,10,13,16,24H,4-5,8-9H2,1H3,(H2,23,28)/t10?,13-/m0/s1. The van der Waals surface area contributed by atoms with Gasteiger partial charge in [-0.3, -0.25) is 4.79 Å². The average Bonchev–Trinajstić information content (AvgIpc) is 3.19. The summed E-state index contributed by atoms with van der Waals surface area (Å²) in [7, 11) is 0. The minimum atomic E-state index is -2.75. The highest BCUT2D eigenvalue weighted by Crippen LogP contribution is 2.48. The van der Waals surface area contributed by atoms with Crippen molar-refractivity contribution in [3.8, 4) is 17.1 Å². The van der Waals surface area contributed by atoms with E-state index >= 15 is 0 Å². The number of hydrogen-bond acceptors (Lipinski definition) is 6. The molecule has 2 aromatic rings. The lowest BCUT2D eigenvalue weighted by Crippen LogP contribution is -2.39. The number of carbonyl (C=O) groups is 2. The normalized spacial score (nSPS) is 21.7. The molecule has 11 heteroatoms. The van der Waals surface area contributed by atoms with Crippen LogP contribution in [0.3, 0.4) is 0 Å². The number of alkyl halides is 2. The molecule has 1 saturated heterocycles. The van der Waals surface area contributed by atoms with Crippen molar-refractivity contribution in [2.24, 2.45) is 5.73 Å². The Balaban J connectivity index is 1.55. The van der Waals surface area contributed by atoms with E-state index in [0.717, 1.165) is 17.7 Å². The van der Waals surface area contributed by atoms with Crippen LogP contribution in [0.5, 0.6) is 5.75 Å². The van der Waals surface area contributed by atoms with Gasteiger partial charge in [0.2, 0.25) is 5.91 Å². The summed E-state index contributed by atoms with van der Waals surface area (Å²) >= 11 is 0. The Hall–Kier alpha value is -3.37. The van der Waals surface area contributed by atoms with Crippen LogP contribution >= 0.6 is 0 Å². The second kappa shape index (κ2) is 6.82. The van der Waals surface area contributed by atoms with Gasteiger partial charge in [-0.15, -0.1) is 0 Å². The quantitative estimate of drug-likeness (QED) is 0.749. The van der Waals surface area contributed by atoms with Gasteiger partial charge in [0.1, 0.15) is 35.9 Å². The smallest absolute Gasteiger partial charge is 0.416 e. The van der Waals surface area contributed by atoms with Crippen molar-refractivity contribution in [2.75, 3.05) is 16.8 Å². The van der Waals surface area contributed by atoms with Crippen LogP contribution in [-0.2, 0) is 16.1 Å². The van der Waals surface area contributed by atoms with E-state index in [1.165, 1.54) is 0 Å². The molecule has 0 radical (unpaired) electrons. The van der Waals surface area contributed by atoms with Gasteiger partial charge in [-0.1, -0.05) is 0 Å². The van der Waals surface area contributed by atoms with E-state index in [9.17, 15) is 18.4 Å². The highest BCUT2D eigenvalue weighted by atomic mass is 19.3. The third-order valence-electron chi connectivity index (χ3n) is 5.83. The number of nitrogens with zero attached hydrogens (tertiary/aromatic N) is 3. The Bertz CT molecular complexity index is 1070. The Morgan fingerprint density at radius 1 is 1.39 bits per heavy atom. The lowest BCUT2D eigenvalue weighted by Gasteiger charge is -2.19. The molecule has 3 N–H and O–H groups in total. The predicted octanol–water partition coefficient (Wildman–Crippen LogP) is 2.35. The predicted molar refractivity (Wildman–Crippen MR) is 106 cm³/mol. The fourth-order valence-electron chi connectivity index (χ4n) is 3.92. The maximum absolute atomic E-state index is 13.4. The maximum Gasteiger partial charge on any atom is 0.416 e. The molecular formula is C20H21F2N5O4. The third kappa shape index (κ3) is 3.33. The number of carbonyl (C=O) groups excluding carboxylic acids is 2. The topological polar surface area (TPSA) is 112 Å². The SMILES string of the molecule is CC(Nc1ccc2c(c1)OC1(CC1)Cn1cc(N3C(=O)OC[C@H]3C(F)F)nc1-2)C(N)=O. The van der Waals surface area contributed by atoms with Gasteiger partial charge in [-0.05, 0) is 31.9 Å². The zero-order valence-corrected chi connectivity index (χ0v) is 16.7. The Morgan fingerprint density at radius 2 is 2.16 bits per heavy atom. The first-order chi connectivity index (χ1) is 14.8. The van der Waals surface area contributed by atoms with Gasteiger partial charge in [-0.25, -0.2) is 23.5 Å². The molecule has 3 heterocycles. The number of ether oxygens (including phenoxy) is 2. The second-order valence-corrected chi connectivity index (χ2v) is 8.16. The number of nitrogens with one attached hydrogen (secondary N) is 1. The van der Waals surface area contributed by atoms with Crippen LogP contribution in [0.15, 0.2) is 24.4 Å². The molecule has 2 fully saturated rings. The summed E-state index contributed by atoms with van der Waals surface area (Å²) in [5, 5.41) is 3.02. The molecule has 1 aliphatic carbocycles. The number of amides is 2. The molecule has 9 nitrogen and oxygen atoms in total. The van der Waals surface area contributed by atoms with E-state index in [1.807, 2.05) is 4.57 Å². The second-order valence-electron chi connectivity index (χ2n) is 8.16. The van der Waals surface area contributed by atoms with Gasteiger partial charge in [0, 0.05) is 18.0 Å². The lowest BCUT2D eigenvalue weighted by atomic mass is 10.1. The van der Waals surface area contributed by atoms with Crippen molar-refractivity contribution in [1.82, 2.24) is 9.55 Å². The summed E-state index contributed by atoms with van der Waals surface area (Å²) in [6.45, 7) is 1.76. The fourth-order valence-corrected chi connectivity index (χ4v) is 3.92. The molecule has 3 aliphatic rings. The number of anilines is 2. The first kappa shape index (κ1) is 19.6. The maximum atomic E-state index is 13.4. The zero-order chi connectivity index (χ0) is 21.9. The first-order valence-electron chi connectivity index (χ1n) is 9.97. The number of nitrogens with two attached hydrogens (primary N) is 1. The molecule has 1 saturated carbocycles. The van der Waals surface area contributed by atoms with E-state index in [1.54, 1.807) is 31.3 Å². The van der Waals surface area contributed by atoms with Crippen LogP contribution in [0.4, 0.5) is 25.1 Å². The monoisotopic (exact) mass is 433 g/mol. The number of aromatic nitrogens is 2. The van der Waals surface area contributed by atoms with E-state index in [2.05, 4.69) is 10.3 Å². The molecular weight excluding hydrogens is 412 g/mol.